The van der Waals surface area contributed by atoms with Gasteiger partial charge in [-0.25, -0.2) is 4.98 Å². The molecule has 0 radical (unpaired) electrons. The third-order valence-electron chi connectivity index (χ3n) is 3.58. The maximum absolute atomic E-state index is 7.77. The van der Waals surface area contributed by atoms with Crippen LogP contribution < -0.4 is 10.5 Å². The number of ether oxygens (including phenoxy) is 1. The van der Waals surface area contributed by atoms with E-state index in [9.17, 15) is 0 Å². The summed E-state index contributed by atoms with van der Waals surface area (Å²) in [5.41, 5.74) is 8.84. The molecule has 1 aliphatic rings. The van der Waals surface area contributed by atoms with E-state index in [-0.39, 0.29) is 5.84 Å². The van der Waals surface area contributed by atoms with E-state index in [1.807, 2.05) is 30.3 Å². The van der Waals surface area contributed by atoms with Crippen LogP contribution in [0.15, 0.2) is 40.3 Å². The van der Waals surface area contributed by atoms with E-state index in [2.05, 4.69) is 0 Å². The highest BCUT2D eigenvalue weighted by molar-refractivity contribution is 7.99. The number of aromatic nitrogens is 1. The number of amidine groups is 1. The Morgan fingerprint density at radius 2 is 2.05 bits per heavy atom. The minimum atomic E-state index is 0.0770. The van der Waals surface area contributed by atoms with Crippen LogP contribution in [0.5, 0.6) is 5.75 Å². The second-order valence-corrected chi connectivity index (χ2v) is 6.05. The van der Waals surface area contributed by atoms with E-state index in [1.54, 1.807) is 18.9 Å². The number of nitrogens with two attached hydrogens (primary N) is 1. The number of aryl methyl sites for hydroxylation is 2. The molecule has 2 aromatic rings. The molecule has 108 valence electrons. The third-order valence-corrected chi connectivity index (χ3v) is 4.59. The number of fused-ring (bicyclic) bond motifs is 1. The van der Waals surface area contributed by atoms with Crippen molar-refractivity contribution in [2.24, 2.45) is 5.73 Å². The smallest absolute Gasteiger partial charge is 0.125 e. The van der Waals surface area contributed by atoms with Crippen molar-refractivity contribution in [3.63, 3.8) is 0 Å². The van der Waals surface area contributed by atoms with Crippen molar-refractivity contribution in [1.82, 2.24) is 4.98 Å². The van der Waals surface area contributed by atoms with Crippen molar-refractivity contribution >= 4 is 17.6 Å². The lowest BCUT2D eigenvalue weighted by atomic mass is 10.1. The predicted molar refractivity (Wildman–Crippen MR) is 84.4 cm³/mol. The van der Waals surface area contributed by atoms with Crippen LogP contribution in [-0.2, 0) is 12.8 Å². The molecule has 1 aliphatic carbocycles. The second-order valence-electron chi connectivity index (χ2n) is 4.99. The largest absolute Gasteiger partial charge is 0.497 e. The molecule has 5 heteroatoms. The van der Waals surface area contributed by atoms with Crippen molar-refractivity contribution in [2.75, 3.05) is 7.11 Å². The van der Waals surface area contributed by atoms with Gasteiger partial charge >= 0.3 is 0 Å². The molecule has 1 aromatic heterocycles. The molecule has 0 aliphatic heterocycles. The van der Waals surface area contributed by atoms with Gasteiger partial charge in [0.05, 0.1) is 7.11 Å². The Bertz CT molecular complexity index is 683. The van der Waals surface area contributed by atoms with Gasteiger partial charge in [-0.05, 0) is 55.2 Å². The van der Waals surface area contributed by atoms with Gasteiger partial charge in [0.1, 0.15) is 16.6 Å². The van der Waals surface area contributed by atoms with Crippen molar-refractivity contribution < 1.29 is 4.74 Å². The summed E-state index contributed by atoms with van der Waals surface area (Å²) in [6.45, 7) is 0. The van der Waals surface area contributed by atoms with E-state index in [1.165, 1.54) is 5.56 Å². The summed E-state index contributed by atoms with van der Waals surface area (Å²) in [5.74, 6) is 0.904. The summed E-state index contributed by atoms with van der Waals surface area (Å²) in [5, 5.41) is 8.59. The van der Waals surface area contributed by atoms with E-state index >= 15 is 0 Å². The van der Waals surface area contributed by atoms with Gasteiger partial charge in [0.2, 0.25) is 0 Å². The summed E-state index contributed by atoms with van der Waals surface area (Å²) in [4.78, 5) is 5.78. The Hall–Kier alpha value is -2.01. The molecular weight excluding hydrogens is 282 g/mol. The monoisotopic (exact) mass is 299 g/mol. The lowest BCUT2D eigenvalue weighted by Crippen LogP contribution is -2.14. The van der Waals surface area contributed by atoms with Gasteiger partial charge in [0, 0.05) is 16.2 Å². The average molecular weight is 299 g/mol. The second kappa shape index (κ2) is 5.77. The molecule has 0 amide bonds. The van der Waals surface area contributed by atoms with Gasteiger partial charge in [-0.3, -0.25) is 5.41 Å². The minimum Gasteiger partial charge on any atom is -0.497 e. The predicted octanol–water partition coefficient (Wildman–Crippen LogP) is 3.01. The molecule has 1 aromatic carbocycles. The van der Waals surface area contributed by atoms with Crippen LogP contribution in [0.1, 0.15) is 23.2 Å². The number of hydrogen-bond donors (Lipinski definition) is 2. The van der Waals surface area contributed by atoms with Crippen molar-refractivity contribution in [1.29, 1.82) is 5.41 Å². The normalized spacial score (nSPS) is 13.0. The van der Waals surface area contributed by atoms with Crippen LogP contribution in [0.3, 0.4) is 0 Å². The van der Waals surface area contributed by atoms with Gasteiger partial charge in [-0.2, -0.15) is 0 Å². The summed E-state index contributed by atoms with van der Waals surface area (Å²) in [6.07, 6.45) is 3.19. The molecule has 0 atom stereocenters. The highest BCUT2D eigenvalue weighted by Gasteiger charge is 2.18. The van der Waals surface area contributed by atoms with Crippen molar-refractivity contribution in [3.8, 4) is 5.75 Å². The Morgan fingerprint density at radius 3 is 2.71 bits per heavy atom. The zero-order valence-corrected chi connectivity index (χ0v) is 12.7. The van der Waals surface area contributed by atoms with Crippen molar-refractivity contribution in [2.45, 2.75) is 29.2 Å². The third kappa shape index (κ3) is 2.88. The van der Waals surface area contributed by atoms with E-state index in [4.69, 9.17) is 20.9 Å². The van der Waals surface area contributed by atoms with Crippen LogP contribution in [0.4, 0.5) is 0 Å². The molecule has 0 spiro atoms. The highest BCUT2D eigenvalue weighted by atomic mass is 32.2. The van der Waals surface area contributed by atoms with Crippen LogP contribution in [0, 0.1) is 5.41 Å². The molecular formula is C16H17N3OS. The summed E-state index contributed by atoms with van der Waals surface area (Å²) >= 11 is 1.54. The van der Waals surface area contributed by atoms with Gasteiger partial charge in [0.25, 0.3) is 0 Å². The summed E-state index contributed by atoms with van der Waals surface area (Å²) < 4.78 is 5.16. The van der Waals surface area contributed by atoms with Crippen LogP contribution in [-0.4, -0.2) is 17.9 Å². The average Bonchev–Trinajstić information content (AvgIpc) is 2.94. The van der Waals surface area contributed by atoms with E-state index in [0.29, 0.717) is 0 Å². The number of methoxy groups -OCH3 is 1. The first-order valence-electron chi connectivity index (χ1n) is 6.86. The first kappa shape index (κ1) is 13.9. The lowest BCUT2D eigenvalue weighted by molar-refractivity contribution is 0.414. The van der Waals surface area contributed by atoms with Crippen LogP contribution >= 0.6 is 11.8 Å². The molecule has 0 fully saturated rings. The van der Waals surface area contributed by atoms with Gasteiger partial charge < -0.3 is 10.5 Å². The van der Waals surface area contributed by atoms with Crippen molar-refractivity contribution in [3.05, 3.63) is 47.2 Å². The fourth-order valence-electron chi connectivity index (χ4n) is 2.48. The van der Waals surface area contributed by atoms with Crippen LogP contribution in [0.25, 0.3) is 0 Å². The molecule has 21 heavy (non-hydrogen) atoms. The SMILES string of the molecule is COc1ccc(Sc2nc3c(cc2C(=N)N)CCC3)cc1. The number of hydrogen-bond acceptors (Lipinski definition) is 4. The Morgan fingerprint density at radius 1 is 1.29 bits per heavy atom. The maximum Gasteiger partial charge on any atom is 0.125 e. The highest BCUT2D eigenvalue weighted by Crippen LogP contribution is 2.33. The quantitative estimate of drug-likeness (QED) is 0.672. The first-order valence-corrected chi connectivity index (χ1v) is 7.68. The number of nitrogens with one attached hydrogen (secondary N) is 1. The molecule has 0 saturated carbocycles. The molecule has 0 unspecified atom stereocenters. The molecule has 0 bridgehead atoms. The number of nitrogen functional groups attached to an aromatic ring is 1. The Labute approximate surface area is 128 Å². The summed E-state index contributed by atoms with van der Waals surface area (Å²) in [7, 11) is 1.65. The number of rotatable bonds is 4. The zero-order chi connectivity index (χ0) is 14.8. The molecule has 1 heterocycles. The number of nitrogens with zero attached hydrogens (tertiary/aromatic N) is 1. The minimum absolute atomic E-state index is 0.0770. The first-order chi connectivity index (χ1) is 10.2. The van der Waals surface area contributed by atoms with E-state index in [0.717, 1.165) is 46.2 Å². The summed E-state index contributed by atoms with van der Waals surface area (Å²) in [6, 6.07) is 9.85. The van der Waals surface area contributed by atoms with Crippen LogP contribution in [0.2, 0.25) is 0 Å². The topological polar surface area (TPSA) is 72.0 Å². The van der Waals surface area contributed by atoms with Gasteiger partial charge in [0.15, 0.2) is 0 Å². The van der Waals surface area contributed by atoms with E-state index < -0.39 is 0 Å². The molecule has 3 rings (SSSR count). The fourth-order valence-corrected chi connectivity index (χ4v) is 3.41. The lowest BCUT2D eigenvalue weighted by Gasteiger charge is -2.10. The fraction of sp³-hybridized carbons (Fsp3) is 0.250. The number of benzene rings is 1. The Balaban J connectivity index is 1.94. The number of pyridine rings is 1. The standard InChI is InChI=1S/C16H17N3OS/c1-20-11-5-7-12(8-6-11)21-16-13(15(17)18)9-10-3-2-4-14(10)19-16/h5-9H,2-4H2,1H3,(H3,17,18). The maximum atomic E-state index is 7.77. The Kier molecular flexibility index (Phi) is 3.84. The zero-order valence-electron chi connectivity index (χ0n) is 11.8. The van der Waals surface area contributed by atoms with Gasteiger partial charge in [-0.1, -0.05) is 11.8 Å². The molecule has 0 saturated heterocycles. The molecule has 3 N–H and O–H groups in total. The molecule has 4 nitrogen and oxygen atoms in total. The van der Waals surface area contributed by atoms with Gasteiger partial charge in [-0.15, -0.1) is 0 Å².